The fraction of sp³-hybridized carbons (Fsp3) is 0. The van der Waals surface area contributed by atoms with Gasteiger partial charge in [-0.05, 0) is 28.7 Å². The Morgan fingerprint density at radius 2 is 1.95 bits per heavy atom. The average Bonchev–Trinajstić information content (AvgIpc) is 2.40. The van der Waals surface area contributed by atoms with E-state index >= 15 is 0 Å². The van der Waals surface area contributed by atoms with Crippen LogP contribution in [0, 0.1) is 23.8 Å². The first-order valence-corrected chi connectivity index (χ1v) is 6.35. The highest BCUT2D eigenvalue weighted by Crippen LogP contribution is 2.30. The van der Waals surface area contributed by atoms with Gasteiger partial charge in [0.1, 0.15) is 6.20 Å². The van der Waals surface area contributed by atoms with Gasteiger partial charge in [-0.3, -0.25) is 20.2 Å². The van der Waals surface area contributed by atoms with Crippen molar-refractivity contribution in [2.45, 2.75) is 0 Å². The quantitative estimate of drug-likeness (QED) is 0.465. The second kappa shape index (κ2) is 5.82. The molecule has 0 aliphatic rings. The van der Waals surface area contributed by atoms with Crippen LogP contribution < -0.4 is 10.5 Å². The van der Waals surface area contributed by atoms with Crippen molar-refractivity contribution < 1.29 is 14.6 Å². The summed E-state index contributed by atoms with van der Waals surface area (Å²) in [7, 11) is 0. The number of rotatable bonds is 4. The number of nitrogens with zero attached hydrogens (tertiary/aromatic N) is 4. The van der Waals surface area contributed by atoms with Gasteiger partial charge in [0.25, 0.3) is 5.69 Å². The lowest BCUT2D eigenvalue weighted by molar-refractivity contribution is -0.385. The largest absolute Gasteiger partial charge is 0.423 e. The molecule has 0 radical (unpaired) electrons. The van der Waals surface area contributed by atoms with Gasteiger partial charge in [-0.25, -0.2) is 0 Å². The smallest absolute Gasteiger partial charge is 0.329 e. The van der Waals surface area contributed by atoms with Gasteiger partial charge in [-0.2, -0.15) is 9.97 Å². The molecule has 2 rings (SSSR count). The molecule has 0 fully saturated rings. The van der Waals surface area contributed by atoms with E-state index in [1.165, 1.54) is 18.2 Å². The van der Waals surface area contributed by atoms with E-state index in [1.54, 1.807) is 0 Å². The van der Waals surface area contributed by atoms with Crippen molar-refractivity contribution in [3.63, 3.8) is 0 Å². The summed E-state index contributed by atoms with van der Waals surface area (Å²) in [6.45, 7) is 0. The summed E-state index contributed by atoms with van der Waals surface area (Å²) in [6.07, 6.45) is 0.905. The van der Waals surface area contributed by atoms with Crippen LogP contribution in [0.2, 0.25) is 0 Å². The highest BCUT2D eigenvalue weighted by Gasteiger charge is 2.17. The Balaban J connectivity index is 2.34. The van der Waals surface area contributed by atoms with Crippen LogP contribution in [0.25, 0.3) is 0 Å². The topological polar surface area (TPSA) is 147 Å². The molecule has 108 valence electrons. The summed E-state index contributed by atoms with van der Waals surface area (Å²) in [5, 5.41) is 21.3. The first kappa shape index (κ1) is 14.8. The minimum atomic E-state index is -0.726. The fourth-order valence-electron chi connectivity index (χ4n) is 1.34. The van der Waals surface area contributed by atoms with E-state index in [4.69, 9.17) is 10.5 Å². The van der Waals surface area contributed by atoms with Crippen molar-refractivity contribution in [1.29, 1.82) is 0 Å². The van der Waals surface area contributed by atoms with Crippen LogP contribution >= 0.6 is 22.6 Å². The summed E-state index contributed by atoms with van der Waals surface area (Å²) >= 11 is 1.91. The number of nitrogens with two attached hydrogens (primary N) is 1. The molecule has 0 amide bonds. The Hall–Kier alpha value is -2.57. The van der Waals surface area contributed by atoms with E-state index in [2.05, 4.69) is 9.97 Å². The summed E-state index contributed by atoms with van der Waals surface area (Å²) < 4.78 is 5.86. The van der Waals surface area contributed by atoms with Crippen LogP contribution in [0.3, 0.4) is 0 Å². The average molecular weight is 403 g/mol. The monoisotopic (exact) mass is 403 g/mol. The van der Waals surface area contributed by atoms with Gasteiger partial charge in [0.2, 0.25) is 5.82 Å². The highest BCUT2D eigenvalue weighted by atomic mass is 127. The molecule has 0 aliphatic heterocycles. The molecule has 0 unspecified atom stereocenters. The minimum Gasteiger partial charge on any atom is -0.423 e. The highest BCUT2D eigenvalue weighted by molar-refractivity contribution is 14.1. The Morgan fingerprint density at radius 3 is 2.52 bits per heavy atom. The lowest BCUT2D eigenvalue weighted by Crippen LogP contribution is -2.02. The van der Waals surface area contributed by atoms with E-state index in [-0.39, 0.29) is 23.3 Å². The predicted octanol–water partition coefficient (Wildman–Crippen LogP) is 2.27. The number of ether oxygens (including phenoxy) is 1. The van der Waals surface area contributed by atoms with Crippen molar-refractivity contribution in [3.05, 3.63) is 48.2 Å². The molecule has 0 saturated carbocycles. The Labute approximate surface area is 130 Å². The van der Waals surface area contributed by atoms with Crippen LogP contribution in [0.5, 0.6) is 11.8 Å². The molecule has 1 aromatic heterocycles. The number of nitro groups is 2. The zero-order valence-electron chi connectivity index (χ0n) is 10.1. The Kier molecular flexibility index (Phi) is 4.11. The molecule has 10 nitrogen and oxygen atoms in total. The van der Waals surface area contributed by atoms with E-state index < -0.39 is 15.5 Å². The molecule has 0 saturated heterocycles. The molecule has 2 aromatic rings. The zero-order chi connectivity index (χ0) is 15.6. The number of aromatic nitrogens is 2. The molecule has 0 aliphatic carbocycles. The maximum absolute atomic E-state index is 10.7. The molecule has 0 bridgehead atoms. The van der Waals surface area contributed by atoms with Crippen LogP contribution in [-0.4, -0.2) is 19.8 Å². The van der Waals surface area contributed by atoms with Crippen molar-refractivity contribution in [1.82, 2.24) is 9.97 Å². The summed E-state index contributed by atoms with van der Waals surface area (Å²) in [6, 6.07) is 3.77. The Bertz CT molecular complexity index is 738. The third-order valence-corrected chi connectivity index (χ3v) is 3.19. The molecule has 1 aromatic carbocycles. The maximum atomic E-state index is 10.7. The van der Waals surface area contributed by atoms with Crippen LogP contribution in [0.1, 0.15) is 0 Å². The van der Waals surface area contributed by atoms with Crippen LogP contribution in [0.4, 0.5) is 17.2 Å². The first-order chi connectivity index (χ1) is 9.88. The van der Waals surface area contributed by atoms with Gasteiger partial charge in [0.15, 0.2) is 5.75 Å². The van der Waals surface area contributed by atoms with E-state index in [0.29, 0.717) is 3.57 Å². The number of halogens is 1. The van der Waals surface area contributed by atoms with E-state index in [0.717, 1.165) is 6.20 Å². The van der Waals surface area contributed by atoms with Crippen LogP contribution in [-0.2, 0) is 0 Å². The number of nitrogen functional groups attached to an aromatic ring is 1. The summed E-state index contributed by atoms with van der Waals surface area (Å²) in [5.41, 5.74) is 4.79. The normalized spacial score (nSPS) is 10.1. The lowest BCUT2D eigenvalue weighted by atomic mass is 10.3. The molecular weight excluding hydrogens is 397 g/mol. The second-order valence-electron chi connectivity index (χ2n) is 3.65. The predicted molar refractivity (Wildman–Crippen MR) is 79.0 cm³/mol. The minimum absolute atomic E-state index is 0.151. The van der Waals surface area contributed by atoms with Gasteiger partial charge in [0.05, 0.1) is 19.5 Å². The SMILES string of the molecule is Nc1nc(Oc2cc([N+](=O)[O-])ccc2I)ncc1[N+](=O)[O-]. The number of anilines is 1. The lowest BCUT2D eigenvalue weighted by Gasteiger charge is -2.06. The second-order valence-corrected chi connectivity index (χ2v) is 4.82. The van der Waals surface area contributed by atoms with E-state index in [1.807, 2.05) is 22.6 Å². The van der Waals surface area contributed by atoms with Gasteiger partial charge in [-0.1, -0.05) is 0 Å². The molecule has 1 heterocycles. The molecular formula is C10H6IN5O5. The molecule has 11 heteroatoms. The third kappa shape index (κ3) is 3.31. The maximum Gasteiger partial charge on any atom is 0.329 e. The number of nitro benzene ring substituents is 1. The molecule has 0 atom stereocenters. The number of hydrogen-bond acceptors (Lipinski definition) is 8. The van der Waals surface area contributed by atoms with Crippen molar-refractivity contribution >= 4 is 39.8 Å². The number of non-ortho nitro benzene ring substituents is 1. The molecule has 21 heavy (non-hydrogen) atoms. The van der Waals surface area contributed by atoms with Crippen molar-refractivity contribution in [2.24, 2.45) is 0 Å². The first-order valence-electron chi connectivity index (χ1n) is 5.27. The van der Waals surface area contributed by atoms with E-state index in [9.17, 15) is 20.2 Å². The van der Waals surface area contributed by atoms with Gasteiger partial charge in [0, 0.05) is 6.07 Å². The Morgan fingerprint density at radius 1 is 1.24 bits per heavy atom. The zero-order valence-corrected chi connectivity index (χ0v) is 12.3. The van der Waals surface area contributed by atoms with Gasteiger partial charge >= 0.3 is 11.7 Å². The van der Waals surface area contributed by atoms with Crippen molar-refractivity contribution in [3.8, 4) is 11.8 Å². The number of hydrogen-bond donors (Lipinski definition) is 1. The van der Waals surface area contributed by atoms with Crippen molar-refractivity contribution in [2.75, 3.05) is 5.73 Å². The summed E-state index contributed by atoms with van der Waals surface area (Å²) in [5.74, 6) is -0.205. The standard InChI is InChI=1S/C10H6IN5O5/c11-6-2-1-5(15(17)18)3-8(6)21-10-13-4-7(16(19)20)9(12)14-10/h1-4H,(H2,12,13,14). The van der Waals surface area contributed by atoms with Gasteiger partial charge < -0.3 is 10.5 Å². The van der Waals surface area contributed by atoms with Crippen LogP contribution in [0.15, 0.2) is 24.4 Å². The fourth-order valence-corrected chi connectivity index (χ4v) is 1.79. The molecule has 0 spiro atoms. The molecule has 2 N–H and O–H groups in total. The summed E-state index contributed by atoms with van der Waals surface area (Å²) in [4.78, 5) is 27.3. The third-order valence-electron chi connectivity index (χ3n) is 2.30. The van der Waals surface area contributed by atoms with Gasteiger partial charge in [-0.15, -0.1) is 0 Å². The number of benzene rings is 1.